The van der Waals surface area contributed by atoms with Gasteiger partial charge < -0.3 is 25.0 Å². The summed E-state index contributed by atoms with van der Waals surface area (Å²) in [6.07, 6.45) is 2.84. The highest BCUT2D eigenvalue weighted by Crippen LogP contribution is 2.29. The molecule has 34 heavy (non-hydrogen) atoms. The molecule has 1 unspecified atom stereocenters. The molecule has 0 bridgehead atoms. The lowest BCUT2D eigenvalue weighted by Gasteiger charge is -2.30. The Morgan fingerprint density at radius 2 is 1.79 bits per heavy atom. The number of carbonyl (C=O) groups is 1. The molecule has 1 aliphatic rings. The van der Waals surface area contributed by atoms with E-state index in [1.54, 1.807) is 14.2 Å². The maximum absolute atomic E-state index is 13.0. The molecule has 2 N–H and O–H groups in total. The summed E-state index contributed by atoms with van der Waals surface area (Å²) < 4.78 is 10.8. The van der Waals surface area contributed by atoms with Gasteiger partial charge in [-0.25, -0.2) is 4.98 Å². The minimum Gasteiger partial charge on any atom is -0.497 e. The van der Waals surface area contributed by atoms with Gasteiger partial charge in [0.1, 0.15) is 11.6 Å². The molecule has 0 radical (unpaired) electrons. The fourth-order valence-electron chi connectivity index (χ4n) is 4.48. The second-order valence-electron chi connectivity index (χ2n) is 8.88. The minimum atomic E-state index is -0.506. The van der Waals surface area contributed by atoms with Crippen LogP contribution in [0.25, 0.3) is 10.9 Å². The molecular formula is C26H33N5O3. The van der Waals surface area contributed by atoms with E-state index in [-0.39, 0.29) is 17.9 Å². The average Bonchev–Trinajstić information content (AvgIpc) is 2.87. The molecule has 2 aromatic carbocycles. The molecule has 0 spiro atoms. The van der Waals surface area contributed by atoms with Crippen LogP contribution in [0.15, 0.2) is 48.5 Å². The number of benzene rings is 2. The summed E-state index contributed by atoms with van der Waals surface area (Å²) in [6, 6.07) is 15.8. The predicted molar refractivity (Wildman–Crippen MR) is 134 cm³/mol. The molecule has 0 saturated heterocycles. The largest absolute Gasteiger partial charge is 0.497 e. The number of rotatable bonds is 8. The Morgan fingerprint density at radius 3 is 2.50 bits per heavy atom. The number of nitrogens with zero attached hydrogens (tertiary/aromatic N) is 3. The van der Waals surface area contributed by atoms with Crippen LogP contribution in [0.5, 0.6) is 5.75 Å². The SMILES string of the molecule is COc1cccc(C(NC(=O)C2CCC(Nc3nc(N(C)C)c4ccccc4n3)CC2)OC)c1. The monoisotopic (exact) mass is 463 g/mol. The Hall–Kier alpha value is -3.39. The predicted octanol–water partition coefficient (Wildman–Crippen LogP) is 4.14. The van der Waals surface area contributed by atoms with E-state index >= 15 is 0 Å². The Labute approximate surface area is 200 Å². The lowest BCUT2D eigenvalue weighted by Crippen LogP contribution is -2.38. The third kappa shape index (κ3) is 5.39. The Balaban J connectivity index is 1.36. The molecule has 1 amide bonds. The number of fused-ring (bicyclic) bond motifs is 1. The molecule has 1 aliphatic carbocycles. The van der Waals surface area contributed by atoms with Gasteiger partial charge in [0.05, 0.1) is 12.6 Å². The van der Waals surface area contributed by atoms with Crippen LogP contribution in [-0.4, -0.2) is 50.2 Å². The van der Waals surface area contributed by atoms with E-state index in [1.165, 1.54) is 0 Å². The first-order valence-electron chi connectivity index (χ1n) is 11.7. The molecule has 1 heterocycles. The van der Waals surface area contributed by atoms with Gasteiger partial charge in [0.2, 0.25) is 11.9 Å². The van der Waals surface area contributed by atoms with Crippen LogP contribution in [-0.2, 0) is 9.53 Å². The zero-order chi connectivity index (χ0) is 24.1. The topological polar surface area (TPSA) is 88.6 Å². The highest BCUT2D eigenvalue weighted by molar-refractivity contribution is 5.90. The number of aromatic nitrogens is 2. The van der Waals surface area contributed by atoms with E-state index in [2.05, 4.69) is 10.6 Å². The van der Waals surface area contributed by atoms with Crippen LogP contribution < -0.4 is 20.3 Å². The highest BCUT2D eigenvalue weighted by Gasteiger charge is 2.28. The smallest absolute Gasteiger partial charge is 0.225 e. The second kappa shape index (κ2) is 10.7. The third-order valence-corrected chi connectivity index (χ3v) is 6.34. The van der Waals surface area contributed by atoms with Crippen molar-refractivity contribution in [2.75, 3.05) is 38.5 Å². The van der Waals surface area contributed by atoms with Gasteiger partial charge >= 0.3 is 0 Å². The normalized spacial score (nSPS) is 18.8. The summed E-state index contributed by atoms with van der Waals surface area (Å²) in [5, 5.41) is 7.57. The quantitative estimate of drug-likeness (QED) is 0.486. The van der Waals surface area contributed by atoms with Gasteiger partial charge in [0.15, 0.2) is 6.23 Å². The number of anilines is 2. The molecule has 1 aromatic heterocycles. The lowest BCUT2D eigenvalue weighted by molar-refractivity contribution is -0.130. The fourth-order valence-corrected chi connectivity index (χ4v) is 4.48. The van der Waals surface area contributed by atoms with E-state index < -0.39 is 6.23 Å². The molecule has 0 aliphatic heterocycles. The zero-order valence-corrected chi connectivity index (χ0v) is 20.2. The van der Waals surface area contributed by atoms with Crippen molar-refractivity contribution < 1.29 is 14.3 Å². The van der Waals surface area contributed by atoms with Crippen LogP contribution in [0.3, 0.4) is 0 Å². The van der Waals surface area contributed by atoms with Crippen molar-refractivity contribution in [1.29, 1.82) is 0 Å². The number of ether oxygens (including phenoxy) is 2. The van der Waals surface area contributed by atoms with Gasteiger partial charge in [-0.15, -0.1) is 0 Å². The summed E-state index contributed by atoms with van der Waals surface area (Å²) in [6.45, 7) is 0. The van der Waals surface area contributed by atoms with Gasteiger partial charge in [-0.3, -0.25) is 4.79 Å². The number of amides is 1. The highest BCUT2D eigenvalue weighted by atomic mass is 16.5. The van der Waals surface area contributed by atoms with Crippen LogP contribution in [0.4, 0.5) is 11.8 Å². The van der Waals surface area contributed by atoms with Crippen LogP contribution in [0.1, 0.15) is 37.5 Å². The molecule has 180 valence electrons. The Kier molecular flexibility index (Phi) is 7.47. The van der Waals surface area contributed by atoms with Crippen molar-refractivity contribution in [2.24, 2.45) is 5.92 Å². The minimum absolute atomic E-state index is 0.0185. The Morgan fingerprint density at radius 1 is 1.03 bits per heavy atom. The molecule has 3 aromatic rings. The fraction of sp³-hybridized carbons (Fsp3) is 0.423. The lowest BCUT2D eigenvalue weighted by atomic mass is 9.85. The number of hydrogen-bond donors (Lipinski definition) is 2. The second-order valence-corrected chi connectivity index (χ2v) is 8.88. The van der Waals surface area contributed by atoms with Gasteiger partial charge in [-0.1, -0.05) is 24.3 Å². The van der Waals surface area contributed by atoms with Crippen LogP contribution in [0.2, 0.25) is 0 Å². The van der Waals surface area contributed by atoms with Crippen molar-refractivity contribution in [1.82, 2.24) is 15.3 Å². The number of methoxy groups -OCH3 is 2. The van der Waals surface area contributed by atoms with Crippen LogP contribution >= 0.6 is 0 Å². The van der Waals surface area contributed by atoms with Gasteiger partial charge in [0, 0.05) is 44.1 Å². The first-order valence-corrected chi connectivity index (χ1v) is 11.7. The summed E-state index contributed by atoms with van der Waals surface area (Å²) in [7, 11) is 7.19. The summed E-state index contributed by atoms with van der Waals surface area (Å²) in [5.41, 5.74) is 1.77. The zero-order valence-electron chi connectivity index (χ0n) is 20.2. The van der Waals surface area contributed by atoms with E-state index in [4.69, 9.17) is 19.4 Å². The number of para-hydroxylation sites is 1. The van der Waals surface area contributed by atoms with Crippen LogP contribution in [0, 0.1) is 5.92 Å². The van der Waals surface area contributed by atoms with E-state index in [0.717, 1.165) is 53.7 Å². The first kappa shape index (κ1) is 23.8. The molecule has 1 saturated carbocycles. The maximum Gasteiger partial charge on any atom is 0.225 e. The molecule has 1 fully saturated rings. The molecule has 8 nitrogen and oxygen atoms in total. The van der Waals surface area contributed by atoms with Crippen molar-refractivity contribution >= 4 is 28.6 Å². The summed E-state index contributed by atoms with van der Waals surface area (Å²) >= 11 is 0. The number of hydrogen-bond acceptors (Lipinski definition) is 7. The van der Waals surface area contributed by atoms with Gasteiger partial charge in [-0.2, -0.15) is 4.98 Å². The van der Waals surface area contributed by atoms with Gasteiger partial charge in [-0.05, 0) is 49.9 Å². The van der Waals surface area contributed by atoms with E-state index in [1.807, 2.05) is 67.5 Å². The standard InChI is InChI=1S/C26H33N5O3/c1-31(2)23-21-10-5-6-11-22(21)28-26(29-23)27-19-14-12-17(13-15-19)24(32)30-25(34-4)18-8-7-9-20(16-18)33-3/h5-11,16-17,19,25H,12-15H2,1-4H3,(H,30,32)(H,27,28,29). The molecule has 1 atom stereocenters. The van der Waals surface area contributed by atoms with Crippen molar-refractivity contribution in [3.63, 3.8) is 0 Å². The summed E-state index contributed by atoms with van der Waals surface area (Å²) in [5.74, 6) is 2.23. The number of carbonyl (C=O) groups excluding carboxylic acids is 1. The Bertz CT molecular complexity index is 1130. The molecule has 8 heteroatoms. The van der Waals surface area contributed by atoms with Gasteiger partial charge in [0.25, 0.3) is 0 Å². The van der Waals surface area contributed by atoms with Crippen molar-refractivity contribution in [3.8, 4) is 5.75 Å². The number of nitrogens with one attached hydrogen (secondary N) is 2. The maximum atomic E-state index is 13.0. The van der Waals surface area contributed by atoms with Crippen molar-refractivity contribution in [3.05, 3.63) is 54.1 Å². The van der Waals surface area contributed by atoms with Crippen molar-refractivity contribution in [2.45, 2.75) is 38.0 Å². The van der Waals surface area contributed by atoms with E-state index in [9.17, 15) is 4.79 Å². The molecular weight excluding hydrogens is 430 g/mol. The third-order valence-electron chi connectivity index (χ3n) is 6.34. The van der Waals surface area contributed by atoms with E-state index in [0.29, 0.717) is 5.95 Å². The summed E-state index contributed by atoms with van der Waals surface area (Å²) in [4.78, 5) is 24.4. The first-order chi connectivity index (χ1) is 16.5. The molecule has 4 rings (SSSR count). The average molecular weight is 464 g/mol.